The van der Waals surface area contributed by atoms with Gasteiger partial charge in [0.15, 0.2) is 0 Å². The number of cyclic esters (lactones) is 1. The lowest BCUT2D eigenvalue weighted by molar-refractivity contribution is -0.165. The number of carbonyl (C=O) groups excluding carboxylic acids is 2. The number of esters is 1. The second-order valence-electron chi connectivity index (χ2n) is 10.2. The molecule has 36 heavy (non-hydrogen) atoms. The van der Waals surface area contributed by atoms with Crippen molar-refractivity contribution in [3.05, 3.63) is 54.1 Å². The summed E-state index contributed by atoms with van der Waals surface area (Å²) in [5, 5.41) is 20.9. The molecule has 2 N–H and O–H groups in total. The van der Waals surface area contributed by atoms with Gasteiger partial charge in [-0.2, -0.15) is 0 Å². The second-order valence-corrected chi connectivity index (χ2v) is 10.2. The monoisotopic (exact) mass is 498 g/mol. The first-order valence-electron chi connectivity index (χ1n) is 12.9. The summed E-state index contributed by atoms with van der Waals surface area (Å²) in [5.74, 6) is -0.475. The zero-order valence-electron chi connectivity index (χ0n) is 21.1. The van der Waals surface area contributed by atoms with E-state index < -0.39 is 17.6 Å². The lowest BCUT2D eigenvalue weighted by Crippen LogP contribution is -2.45. The van der Waals surface area contributed by atoms with E-state index in [4.69, 9.17) is 4.74 Å². The van der Waals surface area contributed by atoms with Crippen LogP contribution in [0.2, 0.25) is 0 Å². The number of ether oxygens (including phenoxy) is 1. The van der Waals surface area contributed by atoms with Crippen LogP contribution in [0.5, 0.6) is 0 Å². The van der Waals surface area contributed by atoms with E-state index >= 15 is 0 Å². The zero-order valence-corrected chi connectivity index (χ0v) is 21.1. The maximum absolute atomic E-state index is 13.3. The Bertz CT molecular complexity index is 1000. The summed E-state index contributed by atoms with van der Waals surface area (Å²) in [6.07, 6.45) is 4.74. The number of likely N-dealkylation sites (tertiary alicyclic amines) is 1. The molecule has 1 amide bonds. The highest BCUT2D eigenvalue weighted by Gasteiger charge is 2.42. The summed E-state index contributed by atoms with van der Waals surface area (Å²) in [6.45, 7) is 2.98. The van der Waals surface area contributed by atoms with Crippen molar-refractivity contribution < 1.29 is 24.5 Å². The maximum atomic E-state index is 13.3. The molecule has 196 valence electrons. The van der Waals surface area contributed by atoms with Crippen LogP contribution in [0.15, 0.2) is 42.9 Å². The molecule has 0 saturated carbocycles. The molecule has 9 heteroatoms. The van der Waals surface area contributed by atoms with Gasteiger partial charge in [-0.1, -0.05) is 36.8 Å². The number of aromatic nitrogens is 2. The maximum Gasteiger partial charge on any atom is 0.312 e. The van der Waals surface area contributed by atoms with E-state index in [1.54, 1.807) is 22.0 Å². The molecule has 2 fully saturated rings. The third-order valence-electron chi connectivity index (χ3n) is 7.56. The van der Waals surface area contributed by atoms with Crippen LogP contribution in [0.3, 0.4) is 0 Å². The van der Waals surface area contributed by atoms with Crippen molar-refractivity contribution in [3.8, 4) is 0 Å². The smallest absolute Gasteiger partial charge is 0.312 e. The quantitative estimate of drug-likeness (QED) is 0.623. The number of amides is 1. The van der Waals surface area contributed by atoms with Gasteiger partial charge in [0.25, 0.3) is 5.91 Å². The van der Waals surface area contributed by atoms with E-state index in [0.29, 0.717) is 38.0 Å². The van der Waals surface area contributed by atoms with Crippen LogP contribution in [0.4, 0.5) is 0 Å². The third kappa shape index (κ3) is 6.52. The minimum atomic E-state index is -1.20. The molecule has 1 aromatic carbocycles. The molecule has 9 nitrogen and oxygen atoms in total. The first-order valence-corrected chi connectivity index (χ1v) is 12.9. The van der Waals surface area contributed by atoms with Gasteiger partial charge in [-0.25, -0.2) is 4.98 Å². The third-order valence-corrected chi connectivity index (χ3v) is 7.56. The first-order chi connectivity index (χ1) is 17.4. The van der Waals surface area contributed by atoms with Crippen LogP contribution >= 0.6 is 0 Å². The van der Waals surface area contributed by atoms with E-state index in [0.717, 1.165) is 32.5 Å². The van der Waals surface area contributed by atoms with Crippen LogP contribution in [0, 0.1) is 5.41 Å². The van der Waals surface area contributed by atoms with Crippen LogP contribution in [0.1, 0.15) is 54.6 Å². The Morgan fingerprint density at radius 2 is 1.81 bits per heavy atom. The Hall–Kier alpha value is -2.75. The average Bonchev–Trinajstić information content (AvgIpc) is 3.33. The summed E-state index contributed by atoms with van der Waals surface area (Å²) in [4.78, 5) is 34.5. The van der Waals surface area contributed by atoms with Gasteiger partial charge >= 0.3 is 5.97 Å². The molecule has 0 bridgehead atoms. The van der Waals surface area contributed by atoms with Crippen LogP contribution in [-0.2, 0) is 23.1 Å². The standard InChI is InChI=1S/C27H38N4O5/c1-29-18-22(28-20-29)25(34)31-13-6-5-10-27(26(35)36-19-24(33)23(32)9-14-31)11-15-30(16-12-27)17-21-7-3-2-4-8-21/h2-4,7-8,18,20,23-24,32-33H,5-6,9-17,19H2,1H3/t23-,24+/m0/s1. The van der Waals surface area contributed by atoms with Crippen molar-refractivity contribution in [3.63, 3.8) is 0 Å². The molecular formula is C27H38N4O5. The highest BCUT2D eigenvalue weighted by atomic mass is 16.5. The summed E-state index contributed by atoms with van der Waals surface area (Å²) >= 11 is 0. The van der Waals surface area contributed by atoms with Crippen molar-refractivity contribution in [1.29, 1.82) is 0 Å². The molecule has 2 saturated heterocycles. The summed E-state index contributed by atoms with van der Waals surface area (Å²) in [5.41, 5.74) is 1.00. The van der Waals surface area contributed by atoms with Crippen molar-refractivity contribution in [2.75, 3.05) is 32.8 Å². The molecule has 2 atom stereocenters. The van der Waals surface area contributed by atoms with Gasteiger partial charge in [0.05, 0.1) is 17.8 Å². The Labute approximate surface area is 212 Å². The van der Waals surface area contributed by atoms with Gasteiger partial charge in [-0.3, -0.25) is 14.5 Å². The van der Waals surface area contributed by atoms with Gasteiger partial charge in [-0.05, 0) is 50.8 Å². The number of piperidine rings is 1. The average molecular weight is 499 g/mol. The number of aryl methyl sites for hydroxylation is 1. The van der Waals surface area contributed by atoms with E-state index in [9.17, 15) is 19.8 Å². The van der Waals surface area contributed by atoms with Crippen molar-refractivity contribution in [1.82, 2.24) is 19.4 Å². The molecule has 4 rings (SSSR count). The molecule has 2 aliphatic heterocycles. The van der Waals surface area contributed by atoms with Gasteiger partial charge in [0, 0.05) is 32.9 Å². The minimum absolute atomic E-state index is 0.191. The number of carbonyl (C=O) groups is 2. The fourth-order valence-corrected chi connectivity index (χ4v) is 5.21. The zero-order chi connectivity index (χ0) is 25.5. The molecule has 1 spiro atoms. The number of aliphatic hydroxyl groups excluding tert-OH is 2. The molecule has 2 aromatic rings. The van der Waals surface area contributed by atoms with Crippen LogP contribution < -0.4 is 0 Å². The van der Waals surface area contributed by atoms with E-state index in [2.05, 4.69) is 22.0 Å². The molecule has 0 unspecified atom stereocenters. The lowest BCUT2D eigenvalue weighted by atomic mass is 9.74. The summed E-state index contributed by atoms with van der Waals surface area (Å²) < 4.78 is 7.30. The molecule has 2 aliphatic rings. The number of nitrogens with zero attached hydrogens (tertiary/aromatic N) is 4. The molecule has 3 heterocycles. The predicted octanol–water partition coefficient (Wildman–Crippen LogP) is 1.98. The Morgan fingerprint density at radius 1 is 1.06 bits per heavy atom. The number of hydrogen-bond donors (Lipinski definition) is 2. The fraction of sp³-hybridized carbons (Fsp3) is 0.593. The number of rotatable bonds is 3. The Kier molecular flexibility index (Phi) is 8.77. The SMILES string of the molecule is Cn1cnc(C(=O)N2CCCCC3(CCN(Cc4ccccc4)CC3)C(=O)OC[C@@H](O)[C@@H](O)CC2)c1. The highest BCUT2D eigenvalue weighted by molar-refractivity contribution is 5.92. The number of aliphatic hydroxyl groups is 2. The van der Waals surface area contributed by atoms with Gasteiger partial charge in [-0.15, -0.1) is 0 Å². The van der Waals surface area contributed by atoms with Gasteiger partial charge < -0.3 is 24.4 Å². The lowest BCUT2D eigenvalue weighted by Gasteiger charge is -2.40. The van der Waals surface area contributed by atoms with Gasteiger partial charge in [0.1, 0.15) is 18.4 Å². The van der Waals surface area contributed by atoms with Crippen LogP contribution in [-0.4, -0.2) is 86.4 Å². The van der Waals surface area contributed by atoms with E-state index in [-0.39, 0.29) is 24.9 Å². The number of imidazole rings is 1. The number of benzene rings is 1. The van der Waals surface area contributed by atoms with Gasteiger partial charge in [0.2, 0.25) is 0 Å². The van der Waals surface area contributed by atoms with Crippen molar-refractivity contribution in [2.24, 2.45) is 12.5 Å². The molecule has 1 aromatic heterocycles. The van der Waals surface area contributed by atoms with E-state index in [1.165, 1.54) is 5.56 Å². The Morgan fingerprint density at radius 3 is 2.50 bits per heavy atom. The molecular weight excluding hydrogens is 460 g/mol. The first kappa shape index (κ1) is 26.3. The summed E-state index contributed by atoms with van der Waals surface area (Å²) in [7, 11) is 1.81. The normalized spacial score (nSPS) is 24.4. The molecule has 0 radical (unpaired) electrons. The Balaban J connectivity index is 1.42. The minimum Gasteiger partial charge on any atom is -0.462 e. The topological polar surface area (TPSA) is 108 Å². The number of hydrogen-bond acceptors (Lipinski definition) is 7. The largest absolute Gasteiger partial charge is 0.462 e. The fourth-order valence-electron chi connectivity index (χ4n) is 5.21. The van der Waals surface area contributed by atoms with E-state index in [1.807, 2.05) is 25.2 Å². The highest BCUT2D eigenvalue weighted by Crippen LogP contribution is 2.38. The van der Waals surface area contributed by atoms with Crippen molar-refractivity contribution >= 4 is 11.9 Å². The summed E-state index contributed by atoms with van der Waals surface area (Å²) in [6, 6.07) is 10.3. The predicted molar refractivity (Wildman–Crippen MR) is 134 cm³/mol. The second kappa shape index (κ2) is 12.0. The van der Waals surface area contributed by atoms with Crippen molar-refractivity contribution in [2.45, 2.75) is 57.3 Å². The molecule has 0 aliphatic carbocycles. The van der Waals surface area contributed by atoms with Crippen LogP contribution in [0.25, 0.3) is 0 Å².